The largest absolute Gasteiger partial charge is 0.349 e. The van der Waals surface area contributed by atoms with Crippen LogP contribution in [0.4, 0.5) is 0 Å². The van der Waals surface area contributed by atoms with Crippen LogP contribution in [0, 0.1) is 0 Å². The van der Waals surface area contributed by atoms with Crippen LogP contribution in [0.25, 0.3) is 0 Å². The van der Waals surface area contributed by atoms with Gasteiger partial charge in [0.2, 0.25) is 5.91 Å². The van der Waals surface area contributed by atoms with Crippen LogP contribution in [-0.2, 0) is 11.3 Å². The quantitative estimate of drug-likeness (QED) is 0.786. The second kappa shape index (κ2) is 7.35. The monoisotopic (exact) mass is 252 g/mol. The molecule has 1 rings (SSSR count). The van der Waals surface area contributed by atoms with Crippen LogP contribution in [0.15, 0.2) is 29.2 Å². The molecule has 17 heavy (non-hydrogen) atoms. The molecule has 0 aliphatic carbocycles. The highest BCUT2D eigenvalue weighted by molar-refractivity contribution is 7.99. The van der Waals surface area contributed by atoms with Crippen molar-refractivity contribution in [2.75, 3.05) is 26.9 Å². The molecule has 1 aromatic carbocycles. The summed E-state index contributed by atoms with van der Waals surface area (Å²) in [6.45, 7) is 0.880. The van der Waals surface area contributed by atoms with E-state index in [-0.39, 0.29) is 5.91 Å². The number of nitrogens with one attached hydrogen (secondary N) is 1. The fourth-order valence-corrected chi connectivity index (χ4v) is 2.35. The first-order valence-corrected chi connectivity index (χ1v) is 6.68. The summed E-state index contributed by atoms with van der Waals surface area (Å²) >= 11 is 1.73. The topological polar surface area (TPSA) is 32.3 Å². The van der Waals surface area contributed by atoms with Gasteiger partial charge in [-0.2, -0.15) is 0 Å². The van der Waals surface area contributed by atoms with E-state index in [1.54, 1.807) is 30.8 Å². The maximum Gasteiger partial charge on any atom is 0.222 e. The van der Waals surface area contributed by atoms with Crippen LogP contribution in [0.1, 0.15) is 12.0 Å². The van der Waals surface area contributed by atoms with Crippen molar-refractivity contribution in [2.24, 2.45) is 0 Å². The molecule has 0 fully saturated rings. The van der Waals surface area contributed by atoms with Crippen molar-refractivity contribution in [1.29, 1.82) is 0 Å². The van der Waals surface area contributed by atoms with Crippen LogP contribution >= 0.6 is 11.8 Å². The standard InChI is InChI=1S/C13H20N2OS/c1-14-10-11-5-4-6-12(9-11)17-8-7-13(16)15(2)3/h4-6,9,14H,7-8,10H2,1-3H3. The van der Waals surface area contributed by atoms with E-state index in [2.05, 4.69) is 29.6 Å². The van der Waals surface area contributed by atoms with E-state index in [0.717, 1.165) is 12.3 Å². The summed E-state index contributed by atoms with van der Waals surface area (Å²) in [4.78, 5) is 14.3. The highest BCUT2D eigenvalue weighted by Gasteiger charge is 2.04. The summed E-state index contributed by atoms with van der Waals surface area (Å²) in [5.74, 6) is 1.02. The lowest BCUT2D eigenvalue weighted by Crippen LogP contribution is -2.21. The summed E-state index contributed by atoms with van der Waals surface area (Å²) in [6.07, 6.45) is 0.591. The van der Waals surface area contributed by atoms with Gasteiger partial charge in [0, 0.05) is 37.7 Å². The van der Waals surface area contributed by atoms with E-state index < -0.39 is 0 Å². The molecule has 0 spiro atoms. The predicted molar refractivity (Wildman–Crippen MR) is 73.2 cm³/mol. The number of hydrogen-bond donors (Lipinski definition) is 1. The van der Waals surface area contributed by atoms with Crippen molar-refractivity contribution in [3.8, 4) is 0 Å². The Hall–Kier alpha value is -1.00. The van der Waals surface area contributed by atoms with E-state index in [1.165, 1.54) is 10.5 Å². The molecule has 0 aliphatic rings. The van der Waals surface area contributed by atoms with Gasteiger partial charge in [-0.05, 0) is 24.7 Å². The Morgan fingerprint density at radius 2 is 2.18 bits per heavy atom. The smallest absolute Gasteiger partial charge is 0.222 e. The van der Waals surface area contributed by atoms with Crippen molar-refractivity contribution in [3.05, 3.63) is 29.8 Å². The van der Waals surface area contributed by atoms with E-state index in [4.69, 9.17) is 0 Å². The number of amides is 1. The van der Waals surface area contributed by atoms with Crippen LogP contribution in [0.5, 0.6) is 0 Å². The van der Waals surface area contributed by atoms with Gasteiger partial charge in [-0.15, -0.1) is 11.8 Å². The molecule has 0 saturated heterocycles. The first kappa shape index (κ1) is 14.1. The Morgan fingerprint density at radius 1 is 1.41 bits per heavy atom. The lowest BCUT2D eigenvalue weighted by molar-refractivity contribution is -0.128. The van der Waals surface area contributed by atoms with Crippen molar-refractivity contribution in [3.63, 3.8) is 0 Å². The molecule has 1 aromatic rings. The Morgan fingerprint density at radius 3 is 2.82 bits per heavy atom. The minimum Gasteiger partial charge on any atom is -0.349 e. The summed E-state index contributed by atoms with van der Waals surface area (Å²) in [7, 11) is 5.52. The van der Waals surface area contributed by atoms with Crippen molar-refractivity contribution in [1.82, 2.24) is 10.2 Å². The maximum absolute atomic E-state index is 11.4. The minimum atomic E-state index is 0.184. The molecular formula is C13H20N2OS. The van der Waals surface area contributed by atoms with Crippen molar-refractivity contribution >= 4 is 17.7 Å². The van der Waals surface area contributed by atoms with Crippen LogP contribution in [0.3, 0.4) is 0 Å². The molecule has 0 aromatic heterocycles. The first-order valence-electron chi connectivity index (χ1n) is 5.70. The highest BCUT2D eigenvalue weighted by Crippen LogP contribution is 2.20. The molecule has 0 unspecified atom stereocenters. The third kappa shape index (κ3) is 5.24. The molecule has 3 nitrogen and oxygen atoms in total. The van der Waals surface area contributed by atoms with Gasteiger partial charge in [0.05, 0.1) is 0 Å². The highest BCUT2D eigenvalue weighted by atomic mass is 32.2. The second-order valence-electron chi connectivity index (χ2n) is 4.06. The molecule has 0 bridgehead atoms. The lowest BCUT2D eigenvalue weighted by atomic mass is 10.2. The summed E-state index contributed by atoms with van der Waals surface area (Å²) in [5.41, 5.74) is 1.27. The molecule has 1 N–H and O–H groups in total. The fourth-order valence-electron chi connectivity index (χ4n) is 1.43. The van der Waals surface area contributed by atoms with Gasteiger partial charge >= 0.3 is 0 Å². The molecule has 0 saturated carbocycles. The first-order chi connectivity index (χ1) is 8.13. The molecule has 0 heterocycles. The van der Waals surface area contributed by atoms with E-state index in [9.17, 15) is 4.79 Å². The average Bonchev–Trinajstić information content (AvgIpc) is 2.29. The molecule has 0 radical (unpaired) electrons. The Bertz CT molecular complexity index is 366. The van der Waals surface area contributed by atoms with Crippen LogP contribution < -0.4 is 5.32 Å². The van der Waals surface area contributed by atoms with Gasteiger partial charge in [0.1, 0.15) is 0 Å². The number of hydrogen-bond acceptors (Lipinski definition) is 3. The molecule has 94 valence electrons. The number of rotatable bonds is 6. The minimum absolute atomic E-state index is 0.184. The second-order valence-corrected chi connectivity index (χ2v) is 5.23. The third-order valence-electron chi connectivity index (χ3n) is 2.36. The summed E-state index contributed by atoms with van der Waals surface area (Å²) in [6, 6.07) is 8.42. The van der Waals surface area contributed by atoms with E-state index in [1.807, 2.05) is 7.05 Å². The Kier molecular flexibility index (Phi) is 6.08. The van der Waals surface area contributed by atoms with Gasteiger partial charge in [-0.25, -0.2) is 0 Å². The van der Waals surface area contributed by atoms with Gasteiger partial charge < -0.3 is 10.2 Å². The van der Waals surface area contributed by atoms with Gasteiger partial charge in [-0.3, -0.25) is 4.79 Å². The normalized spacial score (nSPS) is 10.3. The molecular weight excluding hydrogens is 232 g/mol. The molecule has 0 atom stereocenters. The number of carbonyl (C=O) groups excluding carboxylic acids is 1. The van der Waals surface area contributed by atoms with Gasteiger partial charge in [0.25, 0.3) is 0 Å². The fraction of sp³-hybridized carbons (Fsp3) is 0.462. The molecule has 4 heteroatoms. The van der Waals surface area contributed by atoms with Crippen LogP contribution in [0.2, 0.25) is 0 Å². The predicted octanol–water partition coefficient (Wildman–Crippen LogP) is 1.98. The SMILES string of the molecule is CNCc1cccc(SCCC(=O)N(C)C)c1. The van der Waals surface area contributed by atoms with Crippen molar-refractivity contribution in [2.45, 2.75) is 17.9 Å². The van der Waals surface area contributed by atoms with Gasteiger partial charge in [0.15, 0.2) is 0 Å². The maximum atomic E-state index is 11.4. The number of carbonyl (C=O) groups is 1. The summed E-state index contributed by atoms with van der Waals surface area (Å²) < 4.78 is 0. The lowest BCUT2D eigenvalue weighted by Gasteiger charge is -2.09. The van der Waals surface area contributed by atoms with Gasteiger partial charge in [-0.1, -0.05) is 12.1 Å². The zero-order valence-electron chi connectivity index (χ0n) is 10.7. The number of nitrogens with zero attached hydrogens (tertiary/aromatic N) is 1. The third-order valence-corrected chi connectivity index (χ3v) is 3.36. The Balaban J connectivity index is 2.41. The van der Waals surface area contributed by atoms with Crippen molar-refractivity contribution < 1.29 is 4.79 Å². The van der Waals surface area contributed by atoms with E-state index >= 15 is 0 Å². The van der Waals surface area contributed by atoms with Crippen LogP contribution in [-0.4, -0.2) is 37.7 Å². The number of thioether (sulfide) groups is 1. The summed E-state index contributed by atoms with van der Waals surface area (Å²) in [5, 5.41) is 3.13. The zero-order valence-corrected chi connectivity index (χ0v) is 11.5. The Labute approximate surface area is 108 Å². The molecule has 1 amide bonds. The molecule has 0 aliphatic heterocycles. The zero-order chi connectivity index (χ0) is 12.7. The average molecular weight is 252 g/mol. The van der Waals surface area contributed by atoms with E-state index in [0.29, 0.717) is 6.42 Å². The number of benzene rings is 1.